The van der Waals surface area contributed by atoms with Gasteiger partial charge in [0, 0.05) is 15.4 Å². The summed E-state index contributed by atoms with van der Waals surface area (Å²) in [6.45, 7) is 0. The molecule has 0 spiro atoms. The van der Waals surface area contributed by atoms with Crippen molar-refractivity contribution in [3.63, 3.8) is 0 Å². The van der Waals surface area contributed by atoms with E-state index in [0.717, 1.165) is 21.2 Å². The minimum Gasteiger partial charge on any atom is -0.497 e. The predicted molar refractivity (Wildman–Crippen MR) is 95.5 cm³/mol. The third kappa shape index (κ3) is 2.94. The standard InChI is InChI=1S/C18H11BrN2O4/c1-23-13-5-2-10(3-6-13)16-20-17(25-21-16)14-9-11-8-12(19)4-7-15(11)24-18(14)22/h2-9H,1H3. The van der Waals surface area contributed by atoms with Crippen LogP contribution >= 0.6 is 15.9 Å². The largest absolute Gasteiger partial charge is 0.497 e. The highest BCUT2D eigenvalue weighted by atomic mass is 79.9. The molecule has 124 valence electrons. The fourth-order valence-electron chi connectivity index (χ4n) is 2.43. The molecule has 0 bridgehead atoms. The first kappa shape index (κ1) is 15.6. The molecule has 6 nitrogen and oxygen atoms in total. The summed E-state index contributed by atoms with van der Waals surface area (Å²) < 4.78 is 16.6. The lowest BCUT2D eigenvalue weighted by atomic mass is 10.2. The van der Waals surface area contributed by atoms with Crippen molar-refractivity contribution in [2.24, 2.45) is 0 Å². The Morgan fingerprint density at radius 3 is 2.64 bits per heavy atom. The number of halogens is 1. The van der Waals surface area contributed by atoms with Gasteiger partial charge in [-0.1, -0.05) is 21.1 Å². The summed E-state index contributed by atoms with van der Waals surface area (Å²) in [5.74, 6) is 1.22. The molecule has 2 aromatic heterocycles. The Balaban J connectivity index is 1.77. The van der Waals surface area contributed by atoms with Crippen LogP contribution in [0.5, 0.6) is 5.75 Å². The van der Waals surface area contributed by atoms with Gasteiger partial charge in [-0.05, 0) is 48.5 Å². The number of nitrogens with zero attached hydrogens (tertiary/aromatic N) is 2. The van der Waals surface area contributed by atoms with E-state index < -0.39 is 5.63 Å². The fraction of sp³-hybridized carbons (Fsp3) is 0.0556. The first-order valence-electron chi connectivity index (χ1n) is 7.36. The van der Waals surface area contributed by atoms with Crippen molar-refractivity contribution in [1.29, 1.82) is 0 Å². The minimum atomic E-state index is -0.528. The number of ether oxygens (including phenoxy) is 1. The lowest BCUT2D eigenvalue weighted by molar-refractivity contribution is 0.414. The third-order valence-electron chi connectivity index (χ3n) is 3.70. The predicted octanol–water partition coefficient (Wildman–Crippen LogP) is 4.28. The van der Waals surface area contributed by atoms with Crippen LogP contribution in [0.15, 0.2) is 66.7 Å². The molecule has 0 atom stereocenters. The fourth-order valence-corrected chi connectivity index (χ4v) is 2.81. The van der Waals surface area contributed by atoms with Crippen LogP contribution in [0.2, 0.25) is 0 Å². The number of benzene rings is 2. The number of aromatic nitrogens is 2. The van der Waals surface area contributed by atoms with Crippen LogP contribution in [0.3, 0.4) is 0 Å². The van der Waals surface area contributed by atoms with Gasteiger partial charge in [0.25, 0.3) is 5.89 Å². The number of hydrogen-bond acceptors (Lipinski definition) is 6. The number of hydrogen-bond donors (Lipinski definition) is 0. The molecule has 4 rings (SSSR count). The quantitative estimate of drug-likeness (QED) is 0.479. The summed E-state index contributed by atoms with van der Waals surface area (Å²) in [6, 6.07) is 14.3. The van der Waals surface area contributed by atoms with E-state index in [1.54, 1.807) is 37.4 Å². The molecule has 0 amide bonds. The maximum Gasteiger partial charge on any atom is 0.349 e. The first-order chi connectivity index (χ1) is 12.1. The highest BCUT2D eigenvalue weighted by Gasteiger charge is 2.16. The van der Waals surface area contributed by atoms with E-state index in [1.807, 2.05) is 18.2 Å². The van der Waals surface area contributed by atoms with Crippen molar-refractivity contribution in [2.45, 2.75) is 0 Å². The van der Waals surface area contributed by atoms with Crippen molar-refractivity contribution >= 4 is 26.9 Å². The lowest BCUT2D eigenvalue weighted by Gasteiger charge is -1.99. The average molecular weight is 399 g/mol. The molecule has 0 unspecified atom stereocenters. The van der Waals surface area contributed by atoms with Crippen molar-refractivity contribution in [1.82, 2.24) is 10.1 Å². The van der Waals surface area contributed by atoms with E-state index >= 15 is 0 Å². The van der Waals surface area contributed by atoms with E-state index in [9.17, 15) is 4.79 Å². The van der Waals surface area contributed by atoms with Gasteiger partial charge in [-0.2, -0.15) is 4.98 Å². The minimum absolute atomic E-state index is 0.112. The zero-order valence-electron chi connectivity index (χ0n) is 13.0. The molecule has 7 heteroatoms. The Kier molecular flexibility index (Phi) is 3.85. The second-order valence-corrected chi connectivity index (χ2v) is 6.20. The van der Waals surface area contributed by atoms with E-state index in [2.05, 4.69) is 26.1 Å². The monoisotopic (exact) mass is 398 g/mol. The van der Waals surface area contributed by atoms with Crippen molar-refractivity contribution in [3.05, 3.63) is 63.4 Å². The van der Waals surface area contributed by atoms with Gasteiger partial charge in [-0.3, -0.25) is 0 Å². The second-order valence-electron chi connectivity index (χ2n) is 5.28. The van der Waals surface area contributed by atoms with Crippen LogP contribution in [0.1, 0.15) is 0 Å². The second kappa shape index (κ2) is 6.18. The van der Waals surface area contributed by atoms with Crippen LogP contribution in [0.4, 0.5) is 0 Å². The SMILES string of the molecule is COc1ccc(-c2noc(-c3cc4cc(Br)ccc4oc3=O)n2)cc1. The number of fused-ring (bicyclic) bond motifs is 1. The summed E-state index contributed by atoms with van der Waals surface area (Å²) in [4.78, 5) is 16.5. The van der Waals surface area contributed by atoms with Gasteiger partial charge in [0.05, 0.1) is 7.11 Å². The molecule has 4 aromatic rings. The van der Waals surface area contributed by atoms with Gasteiger partial charge < -0.3 is 13.7 Å². The molecule has 2 heterocycles. The Hall–Kier alpha value is -2.93. The summed E-state index contributed by atoms with van der Waals surface area (Å²) in [5.41, 5.74) is 0.938. The van der Waals surface area contributed by atoms with E-state index in [-0.39, 0.29) is 11.5 Å². The smallest absolute Gasteiger partial charge is 0.349 e. The molecular weight excluding hydrogens is 388 g/mol. The molecule has 0 N–H and O–H groups in total. The summed E-state index contributed by atoms with van der Waals surface area (Å²) >= 11 is 3.40. The maximum atomic E-state index is 12.2. The maximum absolute atomic E-state index is 12.2. The summed E-state index contributed by atoms with van der Waals surface area (Å²) in [5, 5.41) is 4.70. The van der Waals surface area contributed by atoms with Gasteiger partial charge in [0.15, 0.2) is 0 Å². The Labute approximate surface area is 150 Å². The molecule has 25 heavy (non-hydrogen) atoms. The van der Waals surface area contributed by atoms with E-state index in [0.29, 0.717) is 11.4 Å². The van der Waals surface area contributed by atoms with E-state index in [1.165, 1.54) is 0 Å². The molecule has 0 aliphatic heterocycles. The highest BCUT2D eigenvalue weighted by Crippen LogP contribution is 2.25. The Morgan fingerprint density at radius 2 is 1.88 bits per heavy atom. The van der Waals surface area contributed by atoms with Crippen molar-refractivity contribution in [2.75, 3.05) is 7.11 Å². The van der Waals surface area contributed by atoms with Crippen molar-refractivity contribution in [3.8, 4) is 28.6 Å². The molecule has 0 fully saturated rings. The van der Waals surface area contributed by atoms with Crippen LogP contribution in [0.25, 0.3) is 33.8 Å². The van der Waals surface area contributed by atoms with Gasteiger partial charge in [0.2, 0.25) is 5.82 Å². The molecule has 0 saturated carbocycles. The van der Waals surface area contributed by atoms with Crippen LogP contribution < -0.4 is 10.4 Å². The normalized spacial score (nSPS) is 11.0. The van der Waals surface area contributed by atoms with Crippen LogP contribution in [-0.4, -0.2) is 17.3 Å². The summed E-state index contributed by atoms with van der Waals surface area (Å²) in [7, 11) is 1.60. The molecule has 0 aliphatic rings. The number of methoxy groups -OCH3 is 1. The highest BCUT2D eigenvalue weighted by molar-refractivity contribution is 9.10. The Morgan fingerprint density at radius 1 is 1.08 bits per heavy atom. The zero-order chi connectivity index (χ0) is 17.4. The van der Waals surface area contributed by atoms with Gasteiger partial charge in [-0.15, -0.1) is 0 Å². The van der Waals surface area contributed by atoms with Crippen LogP contribution in [0, 0.1) is 0 Å². The average Bonchev–Trinajstić information content (AvgIpc) is 3.11. The first-order valence-corrected chi connectivity index (χ1v) is 8.15. The zero-order valence-corrected chi connectivity index (χ0v) is 14.6. The van der Waals surface area contributed by atoms with Crippen LogP contribution in [-0.2, 0) is 0 Å². The molecule has 2 aromatic carbocycles. The summed E-state index contributed by atoms with van der Waals surface area (Å²) in [6.07, 6.45) is 0. The molecular formula is C18H11BrN2O4. The molecule has 0 aliphatic carbocycles. The van der Waals surface area contributed by atoms with Gasteiger partial charge in [-0.25, -0.2) is 4.79 Å². The molecule has 0 saturated heterocycles. The topological polar surface area (TPSA) is 78.4 Å². The lowest BCUT2D eigenvalue weighted by Crippen LogP contribution is -2.02. The Bertz CT molecular complexity index is 1120. The van der Waals surface area contributed by atoms with Gasteiger partial charge in [0.1, 0.15) is 16.9 Å². The molecule has 0 radical (unpaired) electrons. The van der Waals surface area contributed by atoms with Gasteiger partial charge >= 0.3 is 5.63 Å². The van der Waals surface area contributed by atoms with Crippen molar-refractivity contribution < 1.29 is 13.7 Å². The van der Waals surface area contributed by atoms with E-state index in [4.69, 9.17) is 13.7 Å². The third-order valence-corrected chi connectivity index (χ3v) is 4.19. The number of rotatable bonds is 3.